The highest BCUT2D eigenvalue weighted by Gasteiger charge is 2.14. The Hall–Kier alpha value is -3.67. The number of nitrogens with zero attached hydrogens (tertiary/aromatic N) is 1. The van der Waals surface area contributed by atoms with Gasteiger partial charge in [-0.25, -0.2) is 0 Å². The molecule has 2 aromatic carbocycles. The van der Waals surface area contributed by atoms with Crippen LogP contribution in [0.4, 0.5) is 11.4 Å². The second kappa shape index (κ2) is 9.01. The minimum absolute atomic E-state index is 0.0279. The summed E-state index contributed by atoms with van der Waals surface area (Å²) in [5.41, 5.74) is 2.76. The van der Waals surface area contributed by atoms with E-state index in [0.717, 1.165) is 5.56 Å². The Morgan fingerprint density at radius 3 is 2.48 bits per heavy atom. The zero-order chi connectivity index (χ0) is 20.8. The molecule has 6 nitrogen and oxygen atoms in total. The van der Waals surface area contributed by atoms with E-state index in [1.165, 1.54) is 12.3 Å². The SMILES string of the molecule is Cc1cccc(NC(=O)c2ccnc(C(=O)Nc3ccccc3OC(C)C)c2)c1. The number of amides is 2. The topological polar surface area (TPSA) is 80.3 Å². The average Bonchev–Trinajstić information content (AvgIpc) is 2.69. The van der Waals surface area contributed by atoms with E-state index < -0.39 is 5.91 Å². The number of carbonyl (C=O) groups excluding carboxylic acids is 2. The summed E-state index contributed by atoms with van der Waals surface area (Å²) in [6.45, 7) is 5.78. The first kappa shape index (κ1) is 20.1. The van der Waals surface area contributed by atoms with E-state index in [9.17, 15) is 9.59 Å². The molecule has 0 aliphatic carbocycles. The molecule has 0 aliphatic rings. The van der Waals surface area contributed by atoms with Crippen LogP contribution in [-0.4, -0.2) is 22.9 Å². The molecule has 0 saturated carbocycles. The van der Waals surface area contributed by atoms with Crippen molar-refractivity contribution in [2.45, 2.75) is 26.9 Å². The van der Waals surface area contributed by atoms with Crippen LogP contribution in [0.3, 0.4) is 0 Å². The molecule has 0 saturated heterocycles. The van der Waals surface area contributed by atoms with Gasteiger partial charge in [0.05, 0.1) is 11.8 Å². The van der Waals surface area contributed by atoms with Gasteiger partial charge in [0, 0.05) is 17.4 Å². The number of pyridine rings is 1. The van der Waals surface area contributed by atoms with Crippen molar-refractivity contribution in [1.82, 2.24) is 4.98 Å². The lowest BCUT2D eigenvalue weighted by Gasteiger charge is -2.14. The summed E-state index contributed by atoms with van der Waals surface area (Å²) in [5, 5.41) is 5.62. The normalized spacial score (nSPS) is 10.5. The number of hydrogen-bond donors (Lipinski definition) is 2. The maximum absolute atomic E-state index is 12.7. The Labute approximate surface area is 169 Å². The predicted octanol–water partition coefficient (Wildman–Crippen LogP) is 4.68. The van der Waals surface area contributed by atoms with E-state index in [0.29, 0.717) is 22.7 Å². The van der Waals surface area contributed by atoms with Gasteiger partial charge in [0.1, 0.15) is 11.4 Å². The largest absolute Gasteiger partial charge is 0.489 e. The number of rotatable bonds is 6. The molecule has 0 spiro atoms. The molecule has 2 amide bonds. The van der Waals surface area contributed by atoms with Gasteiger partial charge >= 0.3 is 0 Å². The number of carbonyl (C=O) groups is 2. The van der Waals surface area contributed by atoms with Crippen LogP contribution in [0.25, 0.3) is 0 Å². The highest BCUT2D eigenvalue weighted by atomic mass is 16.5. The van der Waals surface area contributed by atoms with Gasteiger partial charge < -0.3 is 15.4 Å². The molecule has 0 radical (unpaired) electrons. The zero-order valence-electron chi connectivity index (χ0n) is 16.6. The Balaban J connectivity index is 1.75. The number of aryl methyl sites for hydroxylation is 1. The summed E-state index contributed by atoms with van der Waals surface area (Å²) in [4.78, 5) is 29.3. The zero-order valence-corrected chi connectivity index (χ0v) is 16.6. The fraction of sp³-hybridized carbons (Fsp3) is 0.174. The molecular weight excluding hydrogens is 366 g/mol. The monoisotopic (exact) mass is 389 g/mol. The van der Waals surface area contributed by atoms with E-state index in [1.54, 1.807) is 18.2 Å². The van der Waals surface area contributed by atoms with Gasteiger partial charge in [-0.2, -0.15) is 0 Å². The first-order valence-corrected chi connectivity index (χ1v) is 9.33. The summed E-state index contributed by atoms with van der Waals surface area (Å²) in [6.07, 6.45) is 1.41. The quantitative estimate of drug-likeness (QED) is 0.641. The summed E-state index contributed by atoms with van der Waals surface area (Å²) < 4.78 is 5.72. The second-order valence-electron chi connectivity index (χ2n) is 6.87. The second-order valence-corrected chi connectivity index (χ2v) is 6.87. The van der Waals surface area contributed by atoms with Crippen molar-refractivity contribution in [2.24, 2.45) is 0 Å². The molecule has 1 heterocycles. The van der Waals surface area contributed by atoms with Crippen LogP contribution >= 0.6 is 0 Å². The van der Waals surface area contributed by atoms with Crippen molar-refractivity contribution in [3.63, 3.8) is 0 Å². The molecule has 3 rings (SSSR count). The first-order valence-electron chi connectivity index (χ1n) is 9.33. The number of ether oxygens (including phenoxy) is 1. The number of para-hydroxylation sites is 2. The van der Waals surface area contributed by atoms with E-state index in [4.69, 9.17) is 4.74 Å². The lowest BCUT2D eigenvalue weighted by molar-refractivity contribution is 0.102. The molecule has 0 bridgehead atoms. The van der Waals surface area contributed by atoms with Crippen molar-refractivity contribution < 1.29 is 14.3 Å². The van der Waals surface area contributed by atoms with Crippen LogP contribution in [0.1, 0.15) is 40.3 Å². The number of benzene rings is 2. The molecule has 0 unspecified atom stereocenters. The molecule has 0 atom stereocenters. The van der Waals surface area contributed by atoms with Crippen LogP contribution in [0.5, 0.6) is 5.75 Å². The summed E-state index contributed by atoms with van der Waals surface area (Å²) in [7, 11) is 0. The summed E-state index contributed by atoms with van der Waals surface area (Å²) >= 11 is 0. The van der Waals surface area contributed by atoms with E-state index >= 15 is 0 Å². The van der Waals surface area contributed by atoms with Gasteiger partial charge in [0.2, 0.25) is 0 Å². The summed E-state index contributed by atoms with van der Waals surface area (Å²) in [6, 6.07) is 17.7. The minimum Gasteiger partial charge on any atom is -0.489 e. The molecule has 0 fully saturated rings. The van der Waals surface area contributed by atoms with Crippen LogP contribution in [0, 0.1) is 6.92 Å². The van der Waals surface area contributed by atoms with Gasteiger partial charge in [-0.05, 0) is 62.7 Å². The number of nitrogens with one attached hydrogen (secondary N) is 2. The molecule has 1 aromatic heterocycles. The highest BCUT2D eigenvalue weighted by molar-refractivity contribution is 6.08. The molecule has 3 aromatic rings. The van der Waals surface area contributed by atoms with E-state index in [1.807, 2.05) is 57.2 Å². The highest BCUT2D eigenvalue weighted by Crippen LogP contribution is 2.25. The van der Waals surface area contributed by atoms with Gasteiger partial charge in [0.15, 0.2) is 0 Å². The van der Waals surface area contributed by atoms with E-state index in [-0.39, 0.29) is 17.7 Å². The first-order chi connectivity index (χ1) is 13.9. The molecular formula is C23H23N3O3. The molecule has 0 aliphatic heterocycles. The smallest absolute Gasteiger partial charge is 0.274 e. The lowest BCUT2D eigenvalue weighted by Crippen LogP contribution is -2.18. The number of anilines is 2. The Morgan fingerprint density at radius 2 is 1.72 bits per heavy atom. The van der Waals surface area contributed by atoms with Crippen LogP contribution in [-0.2, 0) is 0 Å². The van der Waals surface area contributed by atoms with Crippen molar-refractivity contribution in [1.29, 1.82) is 0 Å². The van der Waals surface area contributed by atoms with Crippen molar-refractivity contribution in [2.75, 3.05) is 10.6 Å². The third-order valence-electron chi connectivity index (χ3n) is 4.03. The Bertz CT molecular complexity index is 1030. The van der Waals surface area contributed by atoms with Crippen molar-refractivity contribution >= 4 is 23.2 Å². The van der Waals surface area contributed by atoms with Crippen molar-refractivity contribution in [3.8, 4) is 5.75 Å². The maximum Gasteiger partial charge on any atom is 0.274 e. The summed E-state index contributed by atoms with van der Waals surface area (Å²) in [5.74, 6) is -0.158. The van der Waals surface area contributed by atoms with Gasteiger partial charge in [-0.15, -0.1) is 0 Å². The standard InChI is InChI=1S/C23H23N3O3/c1-15(2)29-21-10-5-4-9-19(21)26-23(28)20-14-17(11-12-24-20)22(27)25-18-8-6-7-16(3)13-18/h4-15H,1-3H3,(H,25,27)(H,26,28). The average molecular weight is 389 g/mol. The minimum atomic E-state index is -0.421. The molecule has 2 N–H and O–H groups in total. The fourth-order valence-corrected chi connectivity index (χ4v) is 2.73. The van der Waals surface area contributed by atoms with Crippen molar-refractivity contribution in [3.05, 3.63) is 83.7 Å². The Morgan fingerprint density at radius 1 is 0.931 bits per heavy atom. The molecule has 148 valence electrons. The van der Waals surface area contributed by atoms with Gasteiger partial charge in [0.25, 0.3) is 11.8 Å². The lowest BCUT2D eigenvalue weighted by atomic mass is 10.2. The van der Waals surface area contributed by atoms with Crippen LogP contribution in [0.15, 0.2) is 66.9 Å². The number of hydrogen-bond acceptors (Lipinski definition) is 4. The molecule has 29 heavy (non-hydrogen) atoms. The Kier molecular flexibility index (Phi) is 6.24. The van der Waals surface area contributed by atoms with Crippen LogP contribution < -0.4 is 15.4 Å². The molecule has 6 heteroatoms. The van der Waals surface area contributed by atoms with Crippen LogP contribution in [0.2, 0.25) is 0 Å². The third kappa shape index (κ3) is 5.42. The van der Waals surface area contributed by atoms with E-state index in [2.05, 4.69) is 15.6 Å². The number of aromatic nitrogens is 1. The van der Waals surface area contributed by atoms with Gasteiger partial charge in [-0.1, -0.05) is 24.3 Å². The van der Waals surface area contributed by atoms with Gasteiger partial charge in [-0.3, -0.25) is 14.6 Å². The third-order valence-corrected chi connectivity index (χ3v) is 4.03. The maximum atomic E-state index is 12.7. The fourth-order valence-electron chi connectivity index (χ4n) is 2.73. The predicted molar refractivity (Wildman–Crippen MR) is 114 cm³/mol.